The highest BCUT2D eigenvalue weighted by Crippen LogP contribution is 2.29. The van der Waals surface area contributed by atoms with Crippen LogP contribution < -0.4 is 5.32 Å². The molecule has 0 amide bonds. The minimum atomic E-state index is 0.389. The summed E-state index contributed by atoms with van der Waals surface area (Å²) in [5.41, 5.74) is 0. The fourth-order valence-corrected chi connectivity index (χ4v) is 2.41. The average molecular weight is 223 g/mol. The van der Waals surface area contributed by atoms with Crippen LogP contribution in [-0.2, 0) is 0 Å². The number of nitrogens with one attached hydrogen (secondary N) is 1. The van der Waals surface area contributed by atoms with Crippen LogP contribution in [0.15, 0.2) is 22.8 Å². The van der Waals surface area contributed by atoms with Gasteiger partial charge in [0.05, 0.1) is 12.3 Å². The molecule has 0 aromatic carbocycles. The summed E-state index contributed by atoms with van der Waals surface area (Å²) in [6.45, 7) is 7.67. The average Bonchev–Trinajstić information content (AvgIpc) is 2.79. The summed E-state index contributed by atoms with van der Waals surface area (Å²) in [5, 5.41) is 3.56. The number of hydrogen-bond acceptors (Lipinski definition) is 2. The molecule has 0 fully saturated rings. The first kappa shape index (κ1) is 13.3. The van der Waals surface area contributed by atoms with Crippen molar-refractivity contribution in [1.82, 2.24) is 5.32 Å². The molecule has 92 valence electrons. The minimum Gasteiger partial charge on any atom is -0.468 e. The third kappa shape index (κ3) is 3.67. The van der Waals surface area contributed by atoms with Gasteiger partial charge in [-0.15, -0.1) is 0 Å². The van der Waals surface area contributed by atoms with Crippen molar-refractivity contribution in [3.63, 3.8) is 0 Å². The van der Waals surface area contributed by atoms with Gasteiger partial charge in [-0.3, -0.25) is 0 Å². The third-order valence-electron chi connectivity index (χ3n) is 3.06. The van der Waals surface area contributed by atoms with Crippen LogP contribution in [0.3, 0.4) is 0 Å². The van der Waals surface area contributed by atoms with Gasteiger partial charge in [0.25, 0.3) is 0 Å². The summed E-state index contributed by atoms with van der Waals surface area (Å²) >= 11 is 0. The fraction of sp³-hybridized carbons (Fsp3) is 0.714. The molecule has 2 heteroatoms. The molecule has 1 N–H and O–H groups in total. The van der Waals surface area contributed by atoms with Crippen LogP contribution >= 0.6 is 0 Å². The van der Waals surface area contributed by atoms with Gasteiger partial charge < -0.3 is 9.73 Å². The second kappa shape index (κ2) is 7.50. The predicted octanol–water partition coefficient (Wildman–Crippen LogP) is 4.15. The molecule has 1 aromatic rings. The van der Waals surface area contributed by atoms with Crippen molar-refractivity contribution in [3.8, 4) is 0 Å². The Morgan fingerprint density at radius 3 is 2.31 bits per heavy atom. The van der Waals surface area contributed by atoms with Gasteiger partial charge in [-0.2, -0.15) is 0 Å². The highest BCUT2D eigenvalue weighted by atomic mass is 16.3. The highest BCUT2D eigenvalue weighted by molar-refractivity contribution is 5.06. The lowest BCUT2D eigenvalue weighted by molar-refractivity contribution is 0.280. The zero-order valence-electron chi connectivity index (χ0n) is 10.8. The monoisotopic (exact) mass is 223 g/mol. The van der Waals surface area contributed by atoms with Crippen molar-refractivity contribution in [1.29, 1.82) is 0 Å². The topological polar surface area (TPSA) is 25.2 Å². The van der Waals surface area contributed by atoms with Crippen LogP contribution in [0.1, 0.15) is 58.3 Å². The van der Waals surface area contributed by atoms with E-state index in [4.69, 9.17) is 4.42 Å². The van der Waals surface area contributed by atoms with E-state index in [0.717, 1.165) is 12.3 Å². The zero-order valence-corrected chi connectivity index (χ0v) is 10.8. The lowest BCUT2D eigenvalue weighted by atomic mass is 9.89. The summed E-state index contributed by atoms with van der Waals surface area (Å²) in [6, 6.07) is 4.46. The molecular formula is C14H25NO. The van der Waals surface area contributed by atoms with Crippen molar-refractivity contribution in [2.75, 3.05) is 6.54 Å². The van der Waals surface area contributed by atoms with Gasteiger partial charge in [-0.05, 0) is 37.4 Å². The molecule has 16 heavy (non-hydrogen) atoms. The van der Waals surface area contributed by atoms with Gasteiger partial charge in [0.2, 0.25) is 0 Å². The molecule has 0 aliphatic heterocycles. The third-order valence-corrected chi connectivity index (χ3v) is 3.06. The molecular weight excluding hydrogens is 198 g/mol. The molecule has 2 nitrogen and oxygen atoms in total. The Kier molecular flexibility index (Phi) is 6.24. The van der Waals surface area contributed by atoms with Crippen LogP contribution in [0.25, 0.3) is 0 Å². The lowest BCUT2D eigenvalue weighted by Gasteiger charge is -2.25. The smallest absolute Gasteiger partial charge is 0.120 e. The van der Waals surface area contributed by atoms with Crippen LogP contribution in [0.2, 0.25) is 0 Å². The largest absolute Gasteiger partial charge is 0.468 e. The first-order valence-electron chi connectivity index (χ1n) is 6.60. The van der Waals surface area contributed by atoms with Gasteiger partial charge in [0.15, 0.2) is 0 Å². The first-order chi connectivity index (χ1) is 7.83. The standard InChI is InChI=1S/C14H25NO/c1-4-8-12(9-5-2)14(15-6-3)13-10-7-11-16-13/h7,10-12,14-15H,4-6,8-9H2,1-3H3. The van der Waals surface area contributed by atoms with E-state index in [2.05, 4.69) is 32.2 Å². The summed E-state index contributed by atoms with van der Waals surface area (Å²) in [4.78, 5) is 0. The maximum absolute atomic E-state index is 5.56. The van der Waals surface area contributed by atoms with E-state index in [1.807, 2.05) is 6.07 Å². The molecule has 0 aliphatic rings. The van der Waals surface area contributed by atoms with E-state index in [1.165, 1.54) is 25.7 Å². The molecule has 1 rings (SSSR count). The Morgan fingerprint density at radius 1 is 1.19 bits per heavy atom. The second-order valence-electron chi connectivity index (χ2n) is 4.39. The normalized spacial score (nSPS) is 13.2. The van der Waals surface area contributed by atoms with Crippen molar-refractivity contribution in [2.45, 2.75) is 52.5 Å². The summed E-state index contributed by atoms with van der Waals surface area (Å²) in [7, 11) is 0. The number of furan rings is 1. The minimum absolute atomic E-state index is 0.389. The van der Waals surface area contributed by atoms with E-state index in [9.17, 15) is 0 Å². The molecule has 1 aromatic heterocycles. The molecule has 1 unspecified atom stereocenters. The molecule has 0 spiro atoms. The maximum Gasteiger partial charge on any atom is 0.120 e. The predicted molar refractivity (Wildman–Crippen MR) is 68.4 cm³/mol. The van der Waals surface area contributed by atoms with Crippen molar-refractivity contribution >= 4 is 0 Å². The fourth-order valence-electron chi connectivity index (χ4n) is 2.41. The summed E-state index contributed by atoms with van der Waals surface area (Å²) in [6.07, 6.45) is 6.80. The molecule has 1 heterocycles. The van der Waals surface area contributed by atoms with Crippen molar-refractivity contribution < 1.29 is 4.42 Å². The van der Waals surface area contributed by atoms with Crippen LogP contribution in [0.4, 0.5) is 0 Å². The molecule has 1 atom stereocenters. The van der Waals surface area contributed by atoms with Crippen molar-refractivity contribution in [3.05, 3.63) is 24.2 Å². The lowest BCUT2D eigenvalue weighted by Crippen LogP contribution is -2.28. The van der Waals surface area contributed by atoms with Gasteiger partial charge in [0.1, 0.15) is 5.76 Å². The Hall–Kier alpha value is -0.760. The second-order valence-corrected chi connectivity index (χ2v) is 4.39. The summed E-state index contributed by atoms with van der Waals surface area (Å²) in [5.74, 6) is 1.79. The quantitative estimate of drug-likeness (QED) is 0.716. The Morgan fingerprint density at radius 2 is 1.88 bits per heavy atom. The highest BCUT2D eigenvalue weighted by Gasteiger charge is 2.22. The van der Waals surface area contributed by atoms with E-state index in [1.54, 1.807) is 6.26 Å². The molecule has 0 aliphatic carbocycles. The SMILES string of the molecule is CCCC(CCC)C(NCC)c1ccco1. The van der Waals surface area contributed by atoms with Gasteiger partial charge in [0, 0.05) is 0 Å². The van der Waals surface area contributed by atoms with Crippen LogP contribution in [0, 0.1) is 5.92 Å². The number of hydrogen-bond donors (Lipinski definition) is 1. The molecule has 0 bridgehead atoms. The van der Waals surface area contributed by atoms with Crippen LogP contribution in [0.5, 0.6) is 0 Å². The van der Waals surface area contributed by atoms with Crippen molar-refractivity contribution in [2.24, 2.45) is 5.92 Å². The van der Waals surface area contributed by atoms with E-state index >= 15 is 0 Å². The molecule has 0 saturated heterocycles. The van der Waals surface area contributed by atoms with Gasteiger partial charge in [-0.1, -0.05) is 33.6 Å². The summed E-state index contributed by atoms with van der Waals surface area (Å²) < 4.78 is 5.56. The van der Waals surface area contributed by atoms with Crippen LogP contribution in [-0.4, -0.2) is 6.54 Å². The van der Waals surface area contributed by atoms with E-state index < -0.39 is 0 Å². The molecule has 0 radical (unpaired) electrons. The van der Waals surface area contributed by atoms with E-state index in [-0.39, 0.29) is 0 Å². The van der Waals surface area contributed by atoms with Gasteiger partial charge in [-0.25, -0.2) is 0 Å². The Bertz CT molecular complexity index is 250. The Labute approximate surface area is 99.4 Å². The zero-order chi connectivity index (χ0) is 11.8. The molecule has 0 saturated carbocycles. The first-order valence-corrected chi connectivity index (χ1v) is 6.60. The number of rotatable bonds is 8. The Balaban J connectivity index is 2.72. The van der Waals surface area contributed by atoms with Gasteiger partial charge >= 0.3 is 0 Å². The maximum atomic E-state index is 5.56. The van der Waals surface area contributed by atoms with E-state index in [0.29, 0.717) is 12.0 Å².